The smallest absolute Gasteiger partial charge is 0.0297 e. The number of hydrogen-bond acceptors (Lipinski definition) is 1. The van der Waals surface area contributed by atoms with Crippen molar-refractivity contribution in [1.82, 2.24) is 0 Å². The van der Waals surface area contributed by atoms with Crippen molar-refractivity contribution in [2.24, 2.45) is 16.8 Å². The fourth-order valence-electron chi connectivity index (χ4n) is 2.19. The van der Waals surface area contributed by atoms with Crippen molar-refractivity contribution in [2.75, 3.05) is 0 Å². The highest BCUT2D eigenvalue weighted by molar-refractivity contribution is 5.73. The van der Waals surface area contributed by atoms with Gasteiger partial charge in [-0.05, 0) is 17.2 Å². The van der Waals surface area contributed by atoms with Crippen LogP contribution in [-0.4, -0.2) is 6.21 Å². The normalized spacial score (nSPS) is 32.0. The fourth-order valence-corrected chi connectivity index (χ4v) is 2.19. The van der Waals surface area contributed by atoms with Crippen LogP contribution in [0, 0.1) is 11.8 Å². The number of hydrogen-bond donors (Lipinski definition) is 0. The van der Waals surface area contributed by atoms with Gasteiger partial charge in [-0.1, -0.05) is 36.5 Å². The molecule has 0 aromatic carbocycles. The number of rotatable bonds is 0. The summed E-state index contributed by atoms with van der Waals surface area (Å²) < 4.78 is 0. The first kappa shape index (κ1) is 7.74. The molecule has 3 aliphatic rings. The molecule has 1 heteroatoms. The Labute approximate surface area is 83.5 Å². The Morgan fingerprint density at radius 1 is 0.929 bits per heavy atom. The van der Waals surface area contributed by atoms with Gasteiger partial charge in [-0.3, -0.25) is 4.99 Å². The van der Waals surface area contributed by atoms with Crippen LogP contribution in [0.4, 0.5) is 0 Å². The van der Waals surface area contributed by atoms with E-state index in [9.17, 15) is 0 Å². The summed E-state index contributed by atoms with van der Waals surface area (Å²) in [4.78, 5) is 4.22. The quantitative estimate of drug-likeness (QED) is 0.545. The number of aliphatic imine (C=N–C) groups is 1. The van der Waals surface area contributed by atoms with E-state index in [0.717, 1.165) is 0 Å². The minimum atomic E-state index is 0.446. The van der Waals surface area contributed by atoms with Crippen LogP contribution in [0.25, 0.3) is 0 Å². The molecule has 2 atom stereocenters. The average molecular weight is 181 g/mol. The number of allylic oxidation sites excluding steroid dienone is 9. The lowest BCUT2D eigenvalue weighted by atomic mass is 9.75. The fraction of sp³-hybridized carbons (Fsp3) is 0.154. The standard InChI is InChI=1S/C13H11N/c1-2-4-12-10(3-1)5-6-11-7-8-14-9-13(11)12/h1-9,12-13H. The van der Waals surface area contributed by atoms with Crippen LogP contribution in [0.5, 0.6) is 0 Å². The maximum absolute atomic E-state index is 4.22. The van der Waals surface area contributed by atoms with Gasteiger partial charge in [-0.15, -0.1) is 0 Å². The summed E-state index contributed by atoms with van der Waals surface area (Å²) in [6, 6.07) is 0. The van der Waals surface area contributed by atoms with Crippen LogP contribution in [-0.2, 0) is 0 Å². The van der Waals surface area contributed by atoms with Gasteiger partial charge in [0.05, 0.1) is 0 Å². The molecule has 0 saturated heterocycles. The molecule has 0 aromatic rings. The summed E-state index contributed by atoms with van der Waals surface area (Å²) in [7, 11) is 0. The molecule has 1 nitrogen and oxygen atoms in total. The Hall–Kier alpha value is -1.63. The van der Waals surface area contributed by atoms with Crippen LogP contribution in [0.1, 0.15) is 0 Å². The van der Waals surface area contributed by atoms with E-state index in [1.54, 1.807) is 0 Å². The van der Waals surface area contributed by atoms with Gasteiger partial charge in [0.2, 0.25) is 0 Å². The van der Waals surface area contributed by atoms with Crippen LogP contribution in [0.15, 0.2) is 64.9 Å². The SMILES string of the molecule is C1=CC2=CC=C3C=CN=CC3C2C=C1. The molecule has 0 radical (unpaired) electrons. The monoisotopic (exact) mass is 181 g/mol. The van der Waals surface area contributed by atoms with E-state index in [4.69, 9.17) is 0 Å². The molecule has 2 aliphatic carbocycles. The summed E-state index contributed by atoms with van der Waals surface area (Å²) in [5.41, 5.74) is 2.76. The summed E-state index contributed by atoms with van der Waals surface area (Å²) in [5.74, 6) is 0.940. The van der Waals surface area contributed by atoms with Crippen LogP contribution >= 0.6 is 0 Å². The van der Waals surface area contributed by atoms with Gasteiger partial charge in [0.1, 0.15) is 0 Å². The summed E-state index contributed by atoms with van der Waals surface area (Å²) in [6.45, 7) is 0. The molecule has 0 aromatic heterocycles. The van der Waals surface area contributed by atoms with Gasteiger partial charge >= 0.3 is 0 Å². The van der Waals surface area contributed by atoms with Crippen molar-refractivity contribution < 1.29 is 0 Å². The van der Waals surface area contributed by atoms with Crippen molar-refractivity contribution in [2.45, 2.75) is 0 Å². The van der Waals surface area contributed by atoms with Gasteiger partial charge in [-0.2, -0.15) is 0 Å². The van der Waals surface area contributed by atoms with E-state index >= 15 is 0 Å². The van der Waals surface area contributed by atoms with Crippen LogP contribution in [0.3, 0.4) is 0 Å². The molecule has 0 fully saturated rings. The van der Waals surface area contributed by atoms with Gasteiger partial charge in [0.15, 0.2) is 0 Å². The second kappa shape index (κ2) is 2.95. The average Bonchev–Trinajstić information content (AvgIpc) is 2.29. The van der Waals surface area contributed by atoms with Gasteiger partial charge < -0.3 is 0 Å². The summed E-state index contributed by atoms with van der Waals surface area (Å²) in [6.07, 6.45) is 19.1. The Morgan fingerprint density at radius 2 is 1.79 bits per heavy atom. The van der Waals surface area contributed by atoms with Crippen molar-refractivity contribution in [3.8, 4) is 0 Å². The topological polar surface area (TPSA) is 12.4 Å². The number of nitrogens with zero attached hydrogens (tertiary/aromatic N) is 1. The third-order valence-electron chi connectivity index (χ3n) is 2.94. The van der Waals surface area contributed by atoms with Crippen molar-refractivity contribution in [3.63, 3.8) is 0 Å². The Morgan fingerprint density at radius 3 is 2.71 bits per heavy atom. The molecular formula is C13H11N. The molecule has 14 heavy (non-hydrogen) atoms. The zero-order chi connectivity index (χ0) is 9.38. The van der Waals surface area contributed by atoms with E-state index in [1.165, 1.54) is 11.1 Å². The molecule has 3 rings (SSSR count). The summed E-state index contributed by atoms with van der Waals surface area (Å²) >= 11 is 0. The second-order valence-electron chi connectivity index (χ2n) is 3.74. The molecule has 0 spiro atoms. The Kier molecular flexibility index (Phi) is 1.63. The molecule has 1 aliphatic heterocycles. The first-order valence-electron chi connectivity index (χ1n) is 4.92. The van der Waals surface area contributed by atoms with Gasteiger partial charge in [0, 0.05) is 24.3 Å². The molecule has 1 heterocycles. The second-order valence-corrected chi connectivity index (χ2v) is 3.74. The molecule has 0 bridgehead atoms. The van der Waals surface area contributed by atoms with E-state index < -0.39 is 0 Å². The Bertz CT molecular complexity index is 388. The third kappa shape index (κ3) is 1.06. The lowest BCUT2D eigenvalue weighted by Crippen LogP contribution is -2.22. The number of fused-ring (bicyclic) bond motifs is 3. The predicted molar refractivity (Wildman–Crippen MR) is 59.1 cm³/mol. The highest BCUT2D eigenvalue weighted by Crippen LogP contribution is 2.35. The first-order valence-corrected chi connectivity index (χ1v) is 4.92. The summed E-state index contributed by atoms with van der Waals surface area (Å²) in [5, 5.41) is 0. The highest BCUT2D eigenvalue weighted by Gasteiger charge is 2.26. The Balaban J connectivity index is 2.08. The first-order chi connectivity index (χ1) is 6.95. The van der Waals surface area contributed by atoms with Crippen LogP contribution in [0.2, 0.25) is 0 Å². The molecule has 68 valence electrons. The maximum atomic E-state index is 4.22. The highest BCUT2D eigenvalue weighted by atomic mass is 14.7. The van der Waals surface area contributed by atoms with Crippen LogP contribution < -0.4 is 0 Å². The maximum Gasteiger partial charge on any atom is 0.0297 e. The minimum absolute atomic E-state index is 0.446. The van der Waals surface area contributed by atoms with Gasteiger partial charge in [0.25, 0.3) is 0 Å². The largest absolute Gasteiger partial charge is 0.268 e. The van der Waals surface area contributed by atoms with E-state index in [-0.39, 0.29) is 0 Å². The third-order valence-corrected chi connectivity index (χ3v) is 2.94. The lowest BCUT2D eigenvalue weighted by molar-refractivity contribution is 0.657. The lowest BCUT2D eigenvalue weighted by Gasteiger charge is -2.29. The molecule has 0 amide bonds. The van der Waals surface area contributed by atoms with E-state index in [2.05, 4.69) is 47.5 Å². The van der Waals surface area contributed by atoms with E-state index in [1.807, 2.05) is 12.4 Å². The predicted octanol–water partition coefficient (Wildman–Crippen LogP) is 2.81. The molecule has 0 N–H and O–H groups in total. The van der Waals surface area contributed by atoms with Crippen molar-refractivity contribution >= 4 is 6.21 Å². The zero-order valence-corrected chi connectivity index (χ0v) is 7.80. The van der Waals surface area contributed by atoms with Crippen molar-refractivity contribution in [1.29, 1.82) is 0 Å². The van der Waals surface area contributed by atoms with Crippen molar-refractivity contribution in [3.05, 3.63) is 59.9 Å². The minimum Gasteiger partial charge on any atom is -0.268 e. The molecule has 2 unspecified atom stereocenters. The molecular weight excluding hydrogens is 170 g/mol. The zero-order valence-electron chi connectivity index (χ0n) is 7.80. The molecule has 0 saturated carbocycles. The van der Waals surface area contributed by atoms with Gasteiger partial charge in [-0.25, -0.2) is 0 Å². The van der Waals surface area contributed by atoms with E-state index in [0.29, 0.717) is 11.8 Å².